The Kier molecular flexibility index (Phi) is 6.49. The van der Waals surface area contributed by atoms with Crippen LogP contribution in [-0.4, -0.2) is 43.9 Å². The molecule has 6 nitrogen and oxygen atoms in total. The molecule has 1 atom stereocenters. The Bertz CT molecular complexity index is 1030. The van der Waals surface area contributed by atoms with Crippen LogP contribution in [0.1, 0.15) is 28.9 Å². The molecule has 1 saturated heterocycles. The van der Waals surface area contributed by atoms with E-state index in [4.69, 9.17) is 21.1 Å². The minimum absolute atomic E-state index is 0.168. The van der Waals surface area contributed by atoms with Crippen molar-refractivity contribution in [1.29, 1.82) is 0 Å². The maximum Gasteiger partial charge on any atom is 0.255 e. The van der Waals surface area contributed by atoms with Crippen molar-refractivity contribution in [2.45, 2.75) is 13.0 Å². The maximum atomic E-state index is 13.0. The fourth-order valence-corrected chi connectivity index (χ4v) is 4.00. The van der Waals surface area contributed by atoms with Crippen molar-refractivity contribution in [2.24, 2.45) is 0 Å². The summed E-state index contributed by atoms with van der Waals surface area (Å²) in [6, 6.07) is 15.4. The molecule has 3 aromatic rings. The number of morpholine rings is 1. The predicted molar refractivity (Wildman–Crippen MR) is 123 cm³/mol. The zero-order chi connectivity index (χ0) is 21.8. The number of amides is 1. The van der Waals surface area contributed by atoms with Crippen LogP contribution in [0.15, 0.2) is 60.9 Å². The first kappa shape index (κ1) is 21.3. The number of ether oxygens (including phenoxy) is 2. The van der Waals surface area contributed by atoms with Crippen molar-refractivity contribution in [3.05, 3.63) is 77.1 Å². The second-order valence-corrected chi connectivity index (χ2v) is 7.89. The summed E-state index contributed by atoms with van der Waals surface area (Å²) in [5, 5.41) is 3.53. The molecule has 2 heterocycles. The van der Waals surface area contributed by atoms with Crippen LogP contribution in [0.5, 0.6) is 5.75 Å². The molecule has 0 radical (unpaired) electrons. The molecule has 1 unspecified atom stereocenters. The SMILES string of the molecule is COc1cc(-n2cccc2)c(Cl)cc1C(=O)NC(C)c1ccc(N2CCOCC2)cc1. The summed E-state index contributed by atoms with van der Waals surface area (Å²) in [6.07, 6.45) is 3.78. The van der Waals surface area contributed by atoms with Gasteiger partial charge in [-0.3, -0.25) is 4.79 Å². The van der Waals surface area contributed by atoms with Gasteiger partial charge in [-0.05, 0) is 42.8 Å². The molecule has 1 N–H and O–H groups in total. The number of hydrogen-bond acceptors (Lipinski definition) is 4. The topological polar surface area (TPSA) is 55.7 Å². The van der Waals surface area contributed by atoms with Crippen molar-refractivity contribution in [3.8, 4) is 11.4 Å². The van der Waals surface area contributed by atoms with E-state index in [9.17, 15) is 4.79 Å². The summed E-state index contributed by atoms with van der Waals surface area (Å²) in [5.41, 5.74) is 3.35. The van der Waals surface area contributed by atoms with Crippen LogP contribution in [0, 0.1) is 0 Å². The van der Waals surface area contributed by atoms with E-state index in [1.807, 2.05) is 36.0 Å². The number of rotatable bonds is 6. The van der Waals surface area contributed by atoms with Gasteiger partial charge in [0.1, 0.15) is 5.75 Å². The van der Waals surface area contributed by atoms with Crippen LogP contribution in [0.2, 0.25) is 5.02 Å². The van der Waals surface area contributed by atoms with Crippen LogP contribution in [0.4, 0.5) is 5.69 Å². The van der Waals surface area contributed by atoms with Gasteiger partial charge >= 0.3 is 0 Å². The molecule has 162 valence electrons. The molecule has 0 bridgehead atoms. The lowest BCUT2D eigenvalue weighted by molar-refractivity contribution is 0.0937. The van der Waals surface area contributed by atoms with E-state index in [0.29, 0.717) is 16.3 Å². The van der Waals surface area contributed by atoms with Gasteiger partial charge in [-0.25, -0.2) is 0 Å². The first-order valence-corrected chi connectivity index (χ1v) is 10.7. The summed E-state index contributed by atoms with van der Waals surface area (Å²) in [5.74, 6) is 0.239. The largest absolute Gasteiger partial charge is 0.496 e. The molecule has 0 saturated carbocycles. The van der Waals surface area contributed by atoms with E-state index in [-0.39, 0.29) is 11.9 Å². The number of hydrogen-bond donors (Lipinski definition) is 1. The first-order valence-electron chi connectivity index (χ1n) is 10.3. The highest BCUT2D eigenvalue weighted by Gasteiger charge is 2.19. The van der Waals surface area contributed by atoms with Gasteiger partial charge in [-0.1, -0.05) is 23.7 Å². The average molecular weight is 440 g/mol. The van der Waals surface area contributed by atoms with Gasteiger partial charge in [0.25, 0.3) is 5.91 Å². The lowest BCUT2D eigenvalue weighted by Gasteiger charge is -2.29. The van der Waals surface area contributed by atoms with Crippen LogP contribution >= 0.6 is 11.6 Å². The van der Waals surface area contributed by atoms with E-state index in [1.54, 1.807) is 19.2 Å². The molecule has 1 aromatic heterocycles. The van der Waals surface area contributed by atoms with Gasteiger partial charge in [0.2, 0.25) is 0 Å². The summed E-state index contributed by atoms with van der Waals surface area (Å²) in [4.78, 5) is 15.3. The highest BCUT2D eigenvalue weighted by atomic mass is 35.5. The van der Waals surface area contributed by atoms with Gasteiger partial charge in [-0.2, -0.15) is 0 Å². The number of halogens is 1. The third-order valence-electron chi connectivity index (χ3n) is 5.51. The number of nitrogens with one attached hydrogen (secondary N) is 1. The number of carbonyl (C=O) groups excluding carboxylic acids is 1. The Labute approximate surface area is 187 Å². The molecule has 7 heteroatoms. The van der Waals surface area contributed by atoms with Crippen molar-refractivity contribution < 1.29 is 14.3 Å². The second kappa shape index (κ2) is 9.45. The Balaban J connectivity index is 1.49. The van der Waals surface area contributed by atoms with E-state index >= 15 is 0 Å². The molecule has 0 spiro atoms. The van der Waals surface area contributed by atoms with E-state index < -0.39 is 0 Å². The number of nitrogens with zero attached hydrogens (tertiary/aromatic N) is 2. The van der Waals surface area contributed by atoms with E-state index in [2.05, 4.69) is 34.5 Å². The lowest BCUT2D eigenvalue weighted by atomic mass is 10.1. The summed E-state index contributed by atoms with van der Waals surface area (Å²) in [7, 11) is 1.55. The fraction of sp³-hybridized carbons (Fsp3) is 0.292. The van der Waals surface area contributed by atoms with Gasteiger partial charge < -0.3 is 24.3 Å². The number of methoxy groups -OCH3 is 1. The van der Waals surface area contributed by atoms with Crippen LogP contribution in [-0.2, 0) is 4.74 Å². The van der Waals surface area contributed by atoms with Crippen molar-refractivity contribution in [2.75, 3.05) is 38.3 Å². The molecule has 4 rings (SSSR count). The summed E-state index contributed by atoms with van der Waals surface area (Å²) < 4.78 is 12.8. The van der Waals surface area contributed by atoms with Crippen molar-refractivity contribution in [3.63, 3.8) is 0 Å². The standard InChI is InChI=1S/C24H26ClN3O3/c1-17(18-5-7-19(8-6-18)27-11-13-31-14-12-27)26-24(29)20-15-21(25)22(16-23(20)30-2)28-9-3-4-10-28/h3-10,15-17H,11-14H2,1-2H3,(H,26,29). The number of aromatic nitrogens is 1. The first-order chi connectivity index (χ1) is 15.1. The molecule has 1 aliphatic rings. The summed E-state index contributed by atoms with van der Waals surface area (Å²) >= 11 is 6.47. The third-order valence-corrected chi connectivity index (χ3v) is 5.82. The Morgan fingerprint density at radius 3 is 2.45 bits per heavy atom. The number of anilines is 1. The monoisotopic (exact) mass is 439 g/mol. The van der Waals surface area contributed by atoms with E-state index in [1.165, 1.54) is 5.69 Å². The molecule has 1 amide bonds. The summed E-state index contributed by atoms with van der Waals surface area (Å²) in [6.45, 7) is 5.25. The van der Waals surface area contributed by atoms with Crippen LogP contribution in [0.25, 0.3) is 5.69 Å². The molecular weight excluding hydrogens is 414 g/mol. The number of benzene rings is 2. The van der Waals surface area contributed by atoms with Crippen LogP contribution in [0.3, 0.4) is 0 Å². The average Bonchev–Trinajstić information content (AvgIpc) is 3.34. The molecule has 2 aromatic carbocycles. The Morgan fingerprint density at radius 1 is 1.13 bits per heavy atom. The zero-order valence-electron chi connectivity index (χ0n) is 17.7. The number of carbonyl (C=O) groups is 1. The smallest absolute Gasteiger partial charge is 0.255 e. The highest BCUT2D eigenvalue weighted by Crippen LogP contribution is 2.30. The molecular formula is C24H26ClN3O3. The quantitative estimate of drug-likeness (QED) is 0.615. The maximum absolute atomic E-state index is 13.0. The van der Waals surface area contributed by atoms with Crippen molar-refractivity contribution in [1.82, 2.24) is 9.88 Å². The van der Waals surface area contributed by atoms with Gasteiger partial charge in [-0.15, -0.1) is 0 Å². The van der Waals surface area contributed by atoms with Crippen molar-refractivity contribution >= 4 is 23.2 Å². The molecule has 1 fully saturated rings. The molecule has 0 aliphatic carbocycles. The molecule has 31 heavy (non-hydrogen) atoms. The lowest BCUT2D eigenvalue weighted by Crippen LogP contribution is -2.36. The highest BCUT2D eigenvalue weighted by molar-refractivity contribution is 6.33. The minimum Gasteiger partial charge on any atom is -0.496 e. The third kappa shape index (κ3) is 4.70. The zero-order valence-corrected chi connectivity index (χ0v) is 18.4. The minimum atomic E-state index is -0.234. The van der Waals surface area contributed by atoms with Gasteiger partial charge in [0.05, 0.1) is 42.6 Å². The predicted octanol–water partition coefficient (Wildman–Crippen LogP) is 4.47. The van der Waals surface area contributed by atoms with Gasteiger partial charge in [0.15, 0.2) is 0 Å². The normalized spacial score (nSPS) is 14.9. The molecule has 1 aliphatic heterocycles. The Hall–Kier alpha value is -2.96. The fourth-order valence-electron chi connectivity index (χ4n) is 3.74. The van der Waals surface area contributed by atoms with Crippen LogP contribution < -0.4 is 15.0 Å². The van der Waals surface area contributed by atoms with Gasteiger partial charge in [0, 0.05) is 37.2 Å². The Morgan fingerprint density at radius 2 is 1.81 bits per heavy atom. The second-order valence-electron chi connectivity index (χ2n) is 7.48. The van der Waals surface area contributed by atoms with E-state index in [0.717, 1.165) is 37.6 Å².